The van der Waals surface area contributed by atoms with Gasteiger partial charge in [0.15, 0.2) is 0 Å². The number of para-hydroxylation sites is 2. The SMILES string of the molecule is COc1ccccc1N1C(=O)/C(=C/c2ccc(-c3ccc([N+](=O)[O-])cc3)o2)C=C1c1ccccc1. The number of furan rings is 1. The van der Waals surface area contributed by atoms with E-state index in [0.29, 0.717) is 34.1 Å². The summed E-state index contributed by atoms with van der Waals surface area (Å²) < 4.78 is 11.5. The van der Waals surface area contributed by atoms with Gasteiger partial charge < -0.3 is 9.15 Å². The van der Waals surface area contributed by atoms with Crippen LogP contribution in [0.1, 0.15) is 11.3 Å². The van der Waals surface area contributed by atoms with Gasteiger partial charge in [0.05, 0.1) is 23.4 Å². The molecule has 7 nitrogen and oxygen atoms in total. The summed E-state index contributed by atoms with van der Waals surface area (Å²) in [5, 5.41) is 10.9. The summed E-state index contributed by atoms with van der Waals surface area (Å²) in [6.07, 6.45) is 3.52. The van der Waals surface area contributed by atoms with Crippen molar-refractivity contribution >= 4 is 29.1 Å². The van der Waals surface area contributed by atoms with Crippen LogP contribution in [0.3, 0.4) is 0 Å². The molecule has 0 fully saturated rings. The number of rotatable bonds is 6. The molecule has 0 saturated carbocycles. The smallest absolute Gasteiger partial charge is 0.269 e. The molecule has 2 heterocycles. The fourth-order valence-electron chi connectivity index (χ4n) is 3.98. The molecule has 3 aromatic carbocycles. The van der Waals surface area contributed by atoms with E-state index < -0.39 is 4.92 Å². The monoisotopic (exact) mass is 464 g/mol. The molecule has 1 amide bonds. The van der Waals surface area contributed by atoms with Gasteiger partial charge in [0, 0.05) is 23.3 Å². The first-order chi connectivity index (χ1) is 17.0. The van der Waals surface area contributed by atoms with Crippen LogP contribution in [0.15, 0.2) is 107 Å². The summed E-state index contributed by atoms with van der Waals surface area (Å²) in [7, 11) is 1.57. The van der Waals surface area contributed by atoms with Crippen LogP contribution in [0.4, 0.5) is 11.4 Å². The molecule has 0 radical (unpaired) electrons. The molecule has 0 spiro atoms. The number of ether oxygens (including phenoxy) is 1. The molecule has 0 N–H and O–H groups in total. The highest BCUT2D eigenvalue weighted by Gasteiger charge is 2.32. The van der Waals surface area contributed by atoms with Crippen LogP contribution in [-0.2, 0) is 4.79 Å². The van der Waals surface area contributed by atoms with Crippen molar-refractivity contribution in [3.05, 3.63) is 124 Å². The lowest BCUT2D eigenvalue weighted by molar-refractivity contribution is -0.384. The Hall–Kier alpha value is -4.91. The fraction of sp³-hybridized carbons (Fsp3) is 0.0357. The average molecular weight is 464 g/mol. The normalized spacial score (nSPS) is 14.3. The van der Waals surface area contributed by atoms with Crippen molar-refractivity contribution in [2.75, 3.05) is 12.0 Å². The number of hydrogen-bond acceptors (Lipinski definition) is 5. The van der Waals surface area contributed by atoms with E-state index in [1.54, 1.807) is 42.4 Å². The third-order valence-corrected chi connectivity index (χ3v) is 5.67. The minimum absolute atomic E-state index is 0.00853. The largest absolute Gasteiger partial charge is 0.495 e. The highest BCUT2D eigenvalue weighted by molar-refractivity contribution is 6.23. The number of amides is 1. The summed E-state index contributed by atoms with van der Waals surface area (Å²) in [4.78, 5) is 25.7. The maximum atomic E-state index is 13.6. The minimum Gasteiger partial charge on any atom is -0.495 e. The molecule has 7 heteroatoms. The second-order valence-corrected chi connectivity index (χ2v) is 7.81. The Labute approximate surface area is 201 Å². The second kappa shape index (κ2) is 9.15. The van der Waals surface area contributed by atoms with E-state index in [0.717, 1.165) is 11.3 Å². The first kappa shape index (κ1) is 21.9. The first-order valence-electron chi connectivity index (χ1n) is 10.9. The van der Waals surface area contributed by atoms with Crippen molar-refractivity contribution in [3.63, 3.8) is 0 Å². The van der Waals surface area contributed by atoms with Crippen LogP contribution >= 0.6 is 0 Å². The molecule has 0 bridgehead atoms. The van der Waals surface area contributed by atoms with Crippen LogP contribution in [0.2, 0.25) is 0 Å². The minimum atomic E-state index is -0.447. The molecular weight excluding hydrogens is 444 g/mol. The highest BCUT2D eigenvalue weighted by atomic mass is 16.6. The fourth-order valence-corrected chi connectivity index (χ4v) is 3.98. The van der Waals surface area contributed by atoms with Crippen LogP contribution in [-0.4, -0.2) is 17.9 Å². The predicted molar refractivity (Wildman–Crippen MR) is 134 cm³/mol. The maximum absolute atomic E-state index is 13.6. The summed E-state index contributed by atoms with van der Waals surface area (Å²) in [6.45, 7) is 0. The predicted octanol–water partition coefficient (Wildman–Crippen LogP) is 6.33. The lowest BCUT2D eigenvalue weighted by atomic mass is 10.1. The van der Waals surface area contributed by atoms with Crippen molar-refractivity contribution < 1.29 is 18.9 Å². The molecule has 5 rings (SSSR count). The quantitative estimate of drug-likeness (QED) is 0.189. The lowest BCUT2D eigenvalue weighted by Crippen LogP contribution is -2.25. The molecule has 0 atom stereocenters. The van der Waals surface area contributed by atoms with E-state index in [1.165, 1.54) is 12.1 Å². The molecule has 0 saturated heterocycles. The summed E-state index contributed by atoms with van der Waals surface area (Å²) >= 11 is 0. The summed E-state index contributed by atoms with van der Waals surface area (Å²) in [6, 6.07) is 26.7. The standard InChI is InChI=1S/C28H20N2O5/c1-34-27-10-6-5-9-24(27)29-25(19-7-3-2-4-8-19)18-21(28(29)31)17-23-15-16-26(35-23)20-11-13-22(14-12-20)30(32)33/h2-18H,1H3/b21-17+. The van der Waals surface area contributed by atoms with E-state index in [9.17, 15) is 14.9 Å². The number of nitro benzene ring substituents is 1. The molecule has 0 unspecified atom stereocenters. The molecule has 1 aliphatic rings. The number of benzene rings is 3. The van der Waals surface area contributed by atoms with Crippen LogP contribution in [0.25, 0.3) is 23.1 Å². The molecule has 1 aromatic heterocycles. The molecule has 35 heavy (non-hydrogen) atoms. The zero-order chi connectivity index (χ0) is 24.4. The van der Waals surface area contributed by atoms with Gasteiger partial charge in [-0.2, -0.15) is 0 Å². The van der Waals surface area contributed by atoms with Crippen molar-refractivity contribution in [3.8, 4) is 17.1 Å². The summed E-state index contributed by atoms with van der Waals surface area (Å²) in [5.74, 6) is 1.42. The van der Waals surface area contributed by atoms with Crippen molar-refractivity contribution in [2.45, 2.75) is 0 Å². The molecule has 0 aliphatic carbocycles. The van der Waals surface area contributed by atoms with Gasteiger partial charge in [-0.1, -0.05) is 42.5 Å². The Morgan fingerprint density at radius 2 is 1.60 bits per heavy atom. The molecule has 1 aliphatic heterocycles. The van der Waals surface area contributed by atoms with E-state index in [2.05, 4.69) is 0 Å². The van der Waals surface area contributed by atoms with E-state index in [-0.39, 0.29) is 11.6 Å². The Morgan fingerprint density at radius 3 is 2.31 bits per heavy atom. The average Bonchev–Trinajstić information content (AvgIpc) is 3.49. The Bertz CT molecular complexity index is 1470. The zero-order valence-corrected chi connectivity index (χ0v) is 18.8. The number of carbonyl (C=O) groups is 1. The number of nitro groups is 1. The van der Waals surface area contributed by atoms with Gasteiger partial charge >= 0.3 is 0 Å². The highest BCUT2D eigenvalue weighted by Crippen LogP contribution is 2.39. The Kier molecular flexibility index (Phi) is 5.73. The number of non-ortho nitro benzene ring substituents is 1. The molecule has 172 valence electrons. The van der Waals surface area contributed by atoms with Crippen molar-refractivity contribution in [2.24, 2.45) is 0 Å². The summed E-state index contributed by atoms with van der Waals surface area (Å²) in [5.41, 5.74) is 3.43. The van der Waals surface area contributed by atoms with Gasteiger partial charge in [-0.25, -0.2) is 0 Å². The Morgan fingerprint density at radius 1 is 0.886 bits per heavy atom. The van der Waals surface area contributed by atoms with E-state index in [4.69, 9.17) is 9.15 Å². The van der Waals surface area contributed by atoms with Crippen molar-refractivity contribution in [1.82, 2.24) is 0 Å². The number of hydrogen-bond donors (Lipinski definition) is 0. The van der Waals surface area contributed by atoms with E-state index >= 15 is 0 Å². The number of nitrogens with zero attached hydrogens (tertiary/aromatic N) is 2. The molecule has 4 aromatic rings. The zero-order valence-electron chi connectivity index (χ0n) is 18.8. The van der Waals surface area contributed by atoms with Crippen LogP contribution in [0, 0.1) is 10.1 Å². The van der Waals surface area contributed by atoms with Crippen LogP contribution in [0.5, 0.6) is 5.75 Å². The van der Waals surface area contributed by atoms with Gasteiger partial charge in [-0.15, -0.1) is 0 Å². The second-order valence-electron chi connectivity index (χ2n) is 7.81. The third kappa shape index (κ3) is 4.22. The van der Waals surface area contributed by atoms with E-state index in [1.807, 2.05) is 60.7 Å². The number of methoxy groups -OCH3 is 1. The van der Waals surface area contributed by atoms with Gasteiger partial charge in [-0.05, 0) is 54.1 Å². The van der Waals surface area contributed by atoms with Gasteiger partial charge in [-0.3, -0.25) is 19.8 Å². The maximum Gasteiger partial charge on any atom is 0.269 e. The van der Waals surface area contributed by atoms with Gasteiger partial charge in [0.1, 0.15) is 17.3 Å². The van der Waals surface area contributed by atoms with Crippen molar-refractivity contribution in [1.29, 1.82) is 0 Å². The van der Waals surface area contributed by atoms with Gasteiger partial charge in [0.2, 0.25) is 0 Å². The third-order valence-electron chi connectivity index (χ3n) is 5.67. The number of carbonyl (C=O) groups excluding carboxylic acids is 1. The van der Waals surface area contributed by atoms with Gasteiger partial charge in [0.25, 0.3) is 11.6 Å². The molecular formula is C28H20N2O5. The lowest BCUT2D eigenvalue weighted by Gasteiger charge is -2.22. The topological polar surface area (TPSA) is 85.8 Å². The first-order valence-corrected chi connectivity index (χ1v) is 10.9. The number of anilines is 1. The van der Waals surface area contributed by atoms with Crippen LogP contribution < -0.4 is 9.64 Å². The Balaban J connectivity index is 1.53.